The molecule has 6 rings (SSSR count). The van der Waals surface area contributed by atoms with Gasteiger partial charge in [-0.15, -0.1) is 0 Å². The predicted octanol–water partition coefficient (Wildman–Crippen LogP) is 5.32. The van der Waals surface area contributed by atoms with Gasteiger partial charge in [0.05, 0.1) is 17.6 Å². The van der Waals surface area contributed by atoms with E-state index >= 15 is 0 Å². The van der Waals surface area contributed by atoms with Gasteiger partial charge in [0, 0.05) is 23.6 Å². The van der Waals surface area contributed by atoms with Crippen LogP contribution in [0.15, 0.2) is 18.2 Å². The minimum Gasteiger partial charge on any atom is -0.438 e. The number of anilines is 1. The molecule has 8 heteroatoms. The van der Waals surface area contributed by atoms with Crippen LogP contribution in [0.4, 0.5) is 14.7 Å². The highest BCUT2D eigenvalue weighted by molar-refractivity contribution is 5.58. The Morgan fingerprint density at radius 3 is 2.44 bits per heavy atom. The van der Waals surface area contributed by atoms with E-state index in [1.165, 1.54) is 6.08 Å². The summed E-state index contributed by atoms with van der Waals surface area (Å²) < 4.78 is 35.3. The highest BCUT2D eigenvalue weighted by atomic mass is 19.3. The van der Waals surface area contributed by atoms with Gasteiger partial charge >= 0.3 is 0 Å². The SMILES string of the molecule is Cc1cc(/C=C/C#N)cc(C)c1Oc1nc(NC23CC(C#N)(C2)C3)nc2c1CCC2(F)F. The van der Waals surface area contributed by atoms with Crippen molar-refractivity contribution in [2.75, 3.05) is 5.32 Å². The summed E-state index contributed by atoms with van der Waals surface area (Å²) in [5.41, 5.74) is 1.97. The molecule has 0 atom stereocenters. The first-order valence-corrected chi connectivity index (χ1v) is 10.5. The third-order valence-electron chi connectivity index (χ3n) is 6.68. The molecule has 4 aliphatic carbocycles. The van der Waals surface area contributed by atoms with Gasteiger partial charge < -0.3 is 10.1 Å². The molecule has 1 N–H and O–H groups in total. The molecule has 3 saturated carbocycles. The lowest BCUT2D eigenvalue weighted by Gasteiger charge is -2.66. The van der Waals surface area contributed by atoms with Crippen LogP contribution in [-0.2, 0) is 12.3 Å². The van der Waals surface area contributed by atoms with Crippen molar-refractivity contribution < 1.29 is 13.5 Å². The number of fused-ring (bicyclic) bond motifs is 1. The number of nitriles is 2. The Kier molecular flexibility index (Phi) is 4.29. The molecule has 3 fully saturated rings. The topological polar surface area (TPSA) is 94.6 Å². The summed E-state index contributed by atoms with van der Waals surface area (Å²) in [5, 5.41) is 21.2. The minimum absolute atomic E-state index is 0.121. The Hall–Kier alpha value is -3.52. The zero-order valence-corrected chi connectivity index (χ0v) is 17.8. The summed E-state index contributed by atoms with van der Waals surface area (Å²) in [4.78, 5) is 8.65. The number of aryl methyl sites for hydroxylation is 2. The molecule has 32 heavy (non-hydrogen) atoms. The third-order valence-corrected chi connectivity index (χ3v) is 6.68. The molecule has 1 heterocycles. The van der Waals surface area contributed by atoms with Gasteiger partial charge in [-0.2, -0.15) is 24.3 Å². The van der Waals surface area contributed by atoms with E-state index in [0.717, 1.165) is 16.7 Å². The zero-order valence-electron chi connectivity index (χ0n) is 17.8. The molecule has 2 aromatic rings. The molecule has 162 valence electrons. The lowest BCUT2D eigenvalue weighted by molar-refractivity contribution is -0.0666. The Balaban J connectivity index is 1.49. The molecule has 2 bridgehead atoms. The maximum atomic E-state index is 14.6. The monoisotopic (exact) mass is 433 g/mol. The fourth-order valence-electron chi connectivity index (χ4n) is 5.28. The van der Waals surface area contributed by atoms with Crippen LogP contribution in [0.3, 0.4) is 0 Å². The van der Waals surface area contributed by atoms with E-state index in [-0.39, 0.29) is 41.3 Å². The van der Waals surface area contributed by atoms with Crippen LogP contribution in [0.2, 0.25) is 0 Å². The average molecular weight is 433 g/mol. The van der Waals surface area contributed by atoms with Crippen LogP contribution in [0, 0.1) is 41.9 Å². The quantitative estimate of drug-likeness (QED) is 0.642. The van der Waals surface area contributed by atoms with Gasteiger partial charge in [0.2, 0.25) is 11.8 Å². The van der Waals surface area contributed by atoms with Gasteiger partial charge in [-0.05, 0) is 74.4 Å². The summed E-state index contributed by atoms with van der Waals surface area (Å²) in [6.07, 6.45) is 4.95. The van der Waals surface area contributed by atoms with Crippen molar-refractivity contribution in [1.82, 2.24) is 9.97 Å². The summed E-state index contributed by atoms with van der Waals surface area (Å²) in [6, 6.07) is 8.04. The summed E-state index contributed by atoms with van der Waals surface area (Å²) in [6.45, 7) is 3.73. The molecule has 0 unspecified atom stereocenters. The van der Waals surface area contributed by atoms with Crippen LogP contribution in [0.25, 0.3) is 6.08 Å². The smallest absolute Gasteiger partial charge is 0.290 e. The van der Waals surface area contributed by atoms with Gasteiger partial charge in [-0.25, -0.2) is 4.98 Å². The van der Waals surface area contributed by atoms with Crippen molar-refractivity contribution in [1.29, 1.82) is 10.5 Å². The first-order valence-electron chi connectivity index (χ1n) is 10.5. The number of hydrogen-bond donors (Lipinski definition) is 1. The Bertz CT molecular complexity index is 1210. The second-order valence-corrected chi connectivity index (χ2v) is 9.26. The van der Waals surface area contributed by atoms with E-state index in [0.29, 0.717) is 30.6 Å². The minimum atomic E-state index is -3.03. The van der Waals surface area contributed by atoms with Crippen molar-refractivity contribution in [3.8, 4) is 23.8 Å². The summed E-state index contributed by atoms with van der Waals surface area (Å²) in [7, 11) is 0. The number of aromatic nitrogens is 2. The van der Waals surface area contributed by atoms with Crippen LogP contribution in [0.1, 0.15) is 53.6 Å². The first-order chi connectivity index (χ1) is 15.2. The summed E-state index contributed by atoms with van der Waals surface area (Å²) in [5.74, 6) is -2.22. The van der Waals surface area contributed by atoms with Gasteiger partial charge in [-0.1, -0.05) is 0 Å². The molecular weight excluding hydrogens is 412 g/mol. The number of nitrogens with one attached hydrogen (secondary N) is 1. The Morgan fingerprint density at radius 2 is 1.81 bits per heavy atom. The normalized spacial score (nSPS) is 26.4. The van der Waals surface area contributed by atoms with Crippen molar-refractivity contribution in [3.05, 3.63) is 46.2 Å². The molecule has 1 aromatic heterocycles. The largest absolute Gasteiger partial charge is 0.438 e. The maximum absolute atomic E-state index is 14.6. The van der Waals surface area contributed by atoms with Crippen molar-refractivity contribution in [2.45, 2.75) is 57.4 Å². The fraction of sp³-hybridized carbons (Fsp3) is 0.417. The number of hydrogen-bond acceptors (Lipinski definition) is 6. The second-order valence-electron chi connectivity index (χ2n) is 9.26. The zero-order chi connectivity index (χ0) is 22.7. The highest BCUT2D eigenvalue weighted by Gasteiger charge is 2.69. The van der Waals surface area contributed by atoms with Gasteiger partial charge in [-0.3, -0.25) is 0 Å². The number of benzene rings is 1. The molecule has 1 aromatic carbocycles. The van der Waals surface area contributed by atoms with Crippen LogP contribution in [0.5, 0.6) is 11.6 Å². The highest BCUT2D eigenvalue weighted by Crippen LogP contribution is 2.67. The maximum Gasteiger partial charge on any atom is 0.290 e. The van der Waals surface area contributed by atoms with E-state index in [9.17, 15) is 14.0 Å². The molecular formula is C24H21F2N5O. The first kappa shape index (κ1) is 20.4. The third kappa shape index (κ3) is 3.10. The predicted molar refractivity (Wildman–Crippen MR) is 113 cm³/mol. The molecule has 0 amide bonds. The van der Waals surface area contributed by atoms with Crippen molar-refractivity contribution >= 4 is 12.0 Å². The van der Waals surface area contributed by atoms with Crippen LogP contribution in [-0.4, -0.2) is 15.5 Å². The molecule has 6 nitrogen and oxygen atoms in total. The number of rotatable bonds is 5. The fourth-order valence-corrected chi connectivity index (χ4v) is 5.28. The number of nitrogens with zero attached hydrogens (tertiary/aromatic N) is 4. The van der Waals surface area contributed by atoms with E-state index in [1.54, 1.807) is 6.08 Å². The van der Waals surface area contributed by atoms with E-state index < -0.39 is 5.92 Å². The Labute approximate surface area is 184 Å². The second kappa shape index (κ2) is 6.74. The number of ether oxygens (including phenoxy) is 1. The van der Waals surface area contributed by atoms with Crippen LogP contribution >= 0.6 is 0 Å². The lowest BCUT2D eigenvalue weighted by Crippen LogP contribution is -2.70. The number of alkyl halides is 2. The molecule has 0 spiro atoms. The van der Waals surface area contributed by atoms with Crippen molar-refractivity contribution in [3.63, 3.8) is 0 Å². The van der Waals surface area contributed by atoms with E-state index in [1.807, 2.05) is 32.0 Å². The Morgan fingerprint density at radius 1 is 1.12 bits per heavy atom. The molecule has 4 aliphatic rings. The summed E-state index contributed by atoms with van der Waals surface area (Å²) >= 11 is 0. The average Bonchev–Trinajstić information content (AvgIpc) is 2.99. The van der Waals surface area contributed by atoms with Gasteiger partial charge in [0.25, 0.3) is 5.92 Å². The standard InChI is InChI=1S/C24H21F2N5O/c1-14-8-16(4-3-7-27)9-15(2)18(14)32-20-17-5-6-24(25,26)19(17)29-21(30-20)31-23-10-22(11-23,12-23)13-28/h3-4,8-9H,5-6,10-12H2,1-2H3,(H,29,30,31)/b4-3+. The molecule has 0 radical (unpaired) electrons. The molecule has 0 aliphatic heterocycles. The molecule has 0 saturated heterocycles. The van der Waals surface area contributed by atoms with Crippen molar-refractivity contribution in [2.24, 2.45) is 5.41 Å². The number of halogens is 2. The van der Waals surface area contributed by atoms with E-state index in [4.69, 9.17) is 10.00 Å². The number of allylic oxidation sites excluding steroid dienone is 1. The lowest BCUT2D eigenvalue weighted by atomic mass is 9.40. The van der Waals surface area contributed by atoms with E-state index in [2.05, 4.69) is 21.4 Å². The van der Waals surface area contributed by atoms with Crippen LogP contribution < -0.4 is 10.1 Å². The van der Waals surface area contributed by atoms with Gasteiger partial charge in [0.1, 0.15) is 11.4 Å². The van der Waals surface area contributed by atoms with Gasteiger partial charge in [0.15, 0.2) is 0 Å².